The molecule has 3 aromatic heterocycles. The number of imidazole rings is 1. The molecule has 8 nitrogen and oxygen atoms in total. The summed E-state index contributed by atoms with van der Waals surface area (Å²) >= 11 is 6.58. The Morgan fingerprint density at radius 3 is 2.58 bits per heavy atom. The summed E-state index contributed by atoms with van der Waals surface area (Å²) in [7, 11) is 1.82. The van der Waals surface area contributed by atoms with Crippen molar-refractivity contribution in [2.45, 2.75) is 19.9 Å². The molecule has 1 aromatic carbocycles. The first kappa shape index (κ1) is 16.5. The summed E-state index contributed by atoms with van der Waals surface area (Å²) in [5.41, 5.74) is 4.39. The average molecular weight is 369 g/mol. The molecule has 0 fully saturated rings. The number of aryl methyl sites for hydroxylation is 2. The van der Waals surface area contributed by atoms with Gasteiger partial charge in [0.2, 0.25) is 0 Å². The summed E-state index contributed by atoms with van der Waals surface area (Å²) in [4.78, 5) is 4.67. The summed E-state index contributed by atoms with van der Waals surface area (Å²) in [6.07, 6.45) is 1.78. The van der Waals surface area contributed by atoms with Gasteiger partial charge in [-0.15, -0.1) is 10.2 Å². The normalized spacial score (nSPS) is 12.5. The van der Waals surface area contributed by atoms with Crippen molar-refractivity contribution in [1.29, 1.82) is 0 Å². The smallest absolute Gasteiger partial charge is 0.197 e. The van der Waals surface area contributed by atoms with E-state index in [2.05, 4.69) is 30.7 Å². The van der Waals surface area contributed by atoms with Crippen LogP contribution < -0.4 is 0 Å². The lowest BCUT2D eigenvalue weighted by molar-refractivity contribution is 0.605. The highest BCUT2D eigenvalue weighted by molar-refractivity contribution is 6.32. The maximum Gasteiger partial charge on any atom is 0.197 e. The van der Waals surface area contributed by atoms with Crippen LogP contribution in [0.25, 0.3) is 22.5 Å². The van der Waals surface area contributed by atoms with Gasteiger partial charge in [0.25, 0.3) is 0 Å². The van der Waals surface area contributed by atoms with Gasteiger partial charge in [0.15, 0.2) is 5.82 Å². The maximum absolute atomic E-state index is 6.58. The van der Waals surface area contributed by atoms with Crippen molar-refractivity contribution in [3.05, 3.63) is 53.3 Å². The fourth-order valence-corrected chi connectivity index (χ4v) is 3.34. The number of rotatable bonds is 4. The van der Waals surface area contributed by atoms with Crippen LogP contribution in [0.2, 0.25) is 5.15 Å². The number of halogens is 1. The third kappa shape index (κ3) is 2.59. The van der Waals surface area contributed by atoms with E-state index in [1.165, 1.54) is 0 Å². The molecule has 0 aliphatic heterocycles. The zero-order valence-electron chi connectivity index (χ0n) is 14.5. The quantitative estimate of drug-likeness (QED) is 0.598. The molecule has 0 saturated heterocycles. The topological polar surface area (TPSA) is 90.1 Å². The predicted octanol–water partition coefficient (Wildman–Crippen LogP) is 3.03. The molecule has 1 N–H and O–H groups in total. The van der Waals surface area contributed by atoms with Gasteiger partial charge in [0, 0.05) is 12.6 Å². The second-order valence-electron chi connectivity index (χ2n) is 6.04. The van der Waals surface area contributed by atoms with Gasteiger partial charge in [-0.2, -0.15) is 10.3 Å². The lowest BCUT2D eigenvalue weighted by atomic mass is 10.0. The minimum Gasteiger partial charge on any atom is -0.319 e. The monoisotopic (exact) mass is 368 g/mol. The van der Waals surface area contributed by atoms with E-state index in [1.807, 2.05) is 55.8 Å². The van der Waals surface area contributed by atoms with Crippen molar-refractivity contribution < 1.29 is 0 Å². The number of nitrogens with zero attached hydrogens (tertiary/aromatic N) is 7. The van der Waals surface area contributed by atoms with Gasteiger partial charge >= 0.3 is 0 Å². The molecule has 0 radical (unpaired) electrons. The molecular weight excluding hydrogens is 352 g/mol. The third-order valence-electron chi connectivity index (χ3n) is 4.38. The summed E-state index contributed by atoms with van der Waals surface area (Å²) in [6.45, 7) is 3.93. The van der Waals surface area contributed by atoms with Crippen LogP contribution in [-0.4, -0.2) is 40.0 Å². The first-order valence-corrected chi connectivity index (χ1v) is 8.50. The van der Waals surface area contributed by atoms with E-state index in [4.69, 9.17) is 11.6 Å². The van der Waals surface area contributed by atoms with Crippen LogP contribution in [-0.2, 0) is 7.05 Å². The Balaban J connectivity index is 1.98. The van der Waals surface area contributed by atoms with Gasteiger partial charge in [-0.1, -0.05) is 47.1 Å². The molecule has 9 heteroatoms. The largest absolute Gasteiger partial charge is 0.319 e. The number of hydrogen-bond donors (Lipinski definition) is 1. The zero-order chi connectivity index (χ0) is 18.3. The van der Waals surface area contributed by atoms with Gasteiger partial charge in [0.05, 0.1) is 35.0 Å². The Morgan fingerprint density at radius 2 is 1.96 bits per heavy atom. The lowest BCUT2D eigenvalue weighted by Crippen LogP contribution is -2.09. The van der Waals surface area contributed by atoms with E-state index in [1.54, 1.807) is 11.0 Å². The molecule has 0 aliphatic rings. The second-order valence-corrected chi connectivity index (χ2v) is 6.39. The van der Waals surface area contributed by atoms with E-state index in [-0.39, 0.29) is 6.04 Å². The van der Waals surface area contributed by atoms with E-state index < -0.39 is 0 Å². The summed E-state index contributed by atoms with van der Waals surface area (Å²) in [5.74, 6) is 0.570. The number of H-pyrrole nitrogens is 1. The minimum atomic E-state index is -0.176. The van der Waals surface area contributed by atoms with Gasteiger partial charge in [-0.05, 0) is 13.8 Å². The lowest BCUT2D eigenvalue weighted by Gasteiger charge is -2.15. The van der Waals surface area contributed by atoms with Gasteiger partial charge in [-0.25, -0.2) is 4.98 Å². The van der Waals surface area contributed by atoms with Crippen LogP contribution in [0, 0.1) is 6.92 Å². The second kappa shape index (κ2) is 6.38. The average Bonchev–Trinajstić information content (AvgIpc) is 3.36. The summed E-state index contributed by atoms with van der Waals surface area (Å²) < 4.78 is 3.67. The molecule has 0 aliphatic carbocycles. The molecule has 4 aromatic rings. The molecule has 0 unspecified atom stereocenters. The van der Waals surface area contributed by atoms with Crippen LogP contribution in [0.3, 0.4) is 0 Å². The van der Waals surface area contributed by atoms with Crippen LogP contribution in [0.1, 0.15) is 24.5 Å². The first-order chi connectivity index (χ1) is 12.6. The van der Waals surface area contributed by atoms with Crippen molar-refractivity contribution in [1.82, 2.24) is 40.0 Å². The Kier molecular flexibility index (Phi) is 4.04. The van der Waals surface area contributed by atoms with Crippen LogP contribution in [0.4, 0.5) is 0 Å². The van der Waals surface area contributed by atoms with Gasteiger partial charge < -0.3 is 4.57 Å². The molecule has 4 rings (SSSR count). The number of tetrazole rings is 1. The molecular formula is C17H17ClN8. The standard InChI is InChI=1S/C17H17ClN8/c1-10-13(16(18)25(3)22-10)15-14(12-7-5-4-6-8-12)19-9-26(15)11(2)17-20-23-24-21-17/h4-9,11H,1-3H3,(H,20,21,23,24)/t11-/m0/s1. The minimum absolute atomic E-state index is 0.176. The number of aromatic nitrogens is 8. The van der Waals surface area contributed by atoms with Crippen molar-refractivity contribution in [3.8, 4) is 22.5 Å². The molecule has 0 spiro atoms. The Labute approximate surface area is 154 Å². The van der Waals surface area contributed by atoms with Crippen LogP contribution >= 0.6 is 11.6 Å². The van der Waals surface area contributed by atoms with Crippen LogP contribution in [0.5, 0.6) is 0 Å². The fraction of sp³-hybridized carbons (Fsp3) is 0.235. The molecule has 0 amide bonds. The van der Waals surface area contributed by atoms with E-state index in [0.717, 1.165) is 28.2 Å². The molecule has 3 heterocycles. The van der Waals surface area contributed by atoms with E-state index in [9.17, 15) is 0 Å². The molecule has 26 heavy (non-hydrogen) atoms. The van der Waals surface area contributed by atoms with Crippen molar-refractivity contribution in [2.75, 3.05) is 0 Å². The fourth-order valence-electron chi connectivity index (χ4n) is 3.08. The highest BCUT2D eigenvalue weighted by atomic mass is 35.5. The van der Waals surface area contributed by atoms with Crippen molar-refractivity contribution >= 4 is 11.6 Å². The van der Waals surface area contributed by atoms with Crippen molar-refractivity contribution in [3.63, 3.8) is 0 Å². The Hall–Kier alpha value is -3.00. The molecule has 0 bridgehead atoms. The Bertz CT molecular complexity index is 1030. The van der Waals surface area contributed by atoms with Crippen molar-refractivity contribution in [2.24, 2.45) is 7.05 Å². The summed E-state index contributed by atoms with van der Waals surface area (Å²) in [5, 5.41) is 19.4. The SMILES string of the molecule is Cc1nn(C)c(Cl)c1-c1c(-c2ccccc2)ncn1[C@@H](C)c1nn[nH]n1. The van der Waals surface area contributed by atoms with E-state index in [0.29, 0.717) is 11.0 Å². The maximum atomic E-state index is 6.58. The highest BCUT2D eigenvalue weighted by Crippen LogP contribution is 2.39. The number of hydrogen-bond acceptors (Lipinski definition) is 5. The van der Waals surface area contributed by atoms with Crippen LogP contribution in [0.15, 0.2) is 36.7 Å². The number of aromatic amines is 1. The molecule has 1 atom stereocenters. The molecule has 0 saturated carbocycles. The van der Waals surface area contributed by atoms with E-state index >= 15 is 0 Å². The Morgan fingerprint density at radius 1 is 1.19 bits per heavy atom. The first-order valence-electron chi connectivity index (χ1n) is 8.13. The van der Waals surface area contributed by atoms with Gasteiger partial charge in [0.1, 0.15) is 5.15 Å². The zero-order valence-corrected chi connectivity index (χ0v) is 15.3. The molecule has 132 valence electrons. The highest BCUT2D eigenvalue weighted by Gasteiger charge is 2.26. The summed E-state index contributed by atoms with van der Waals surface area (Å²) in [6, 6.07) is 9.81. The number of benzene rings is 1. The number of nitrogens with one attached hydrogen (secondary N) is 1. The third-order valence-corrected chi connectivity index (χ3v) is 4.82. The van der Waals surface area contributed by atoms with Gasteiger partial charge in [-0.3, -0.25) is 4.68 Å². The predicted molar refractivity (Wildman–Crippen MR) is 97.6 cm³/mol.